The van der Waals surface area contributed by atoms with Crippen LogP contribution in [0.2, 0.25) is 0 Å². The number of aromatic nitrogens is 2. The van der Waals surface area contributed by atoms with Gasteiger partial charge in [-0.15, -0.1) is 0 Å². The van der Waals surface area contributed by atoms with E-state index in [1.165, 1.54) is 12.1 Å². The zero-order valence-electron chi connectivity index (χ0n) is 21.5. The summed E-state index contributed by atoms with van der Waals surface area (Å²) in [6.07, 6.45) is 0.488. The van der Waals surface area contributed by atoms with E-state index >= 15 is 0 Å². The van der Waals surface area contributed by atoms with Crippen molar-refractivity contribution in [1.82, 2.24) is 9.55 Å². The van der Waals surface area contributed by atoms with Gasteiger partial charge in [0.15, 0.2) is 21.3 Å². The fourth-order valence-corrected chi connectivity index (χ4v) is 5.28. The summed E-state index contributed by atoms with van der Waals surface area (Å²) in [5.74, 6) is 1.08. The van der Waals surface area contributed by atoms with Crippen LogP contribution in [0.3, 0.4) is 0 Å². The highest BCUT2D eigenvalue weighted by molar-refractivity contribution is 7.91. The molecule has 3 aromatic carbocycles. The maximum absolute atomic E-state index is 13.7. The molecule has 0 atom stereocenters. The molecule has 0 aliphatic carbocycles. The van der Waals surface area contributed by atoms with Gasteiger partial charge < -0.3 is 9.30 Å². The molecule has 0 saturated heterocycles. The van der Waals surface area contributed by atoms with Gasteiger partial charge in [-0.25, -0.2) is 17.8 Å². The van der Waals surface area contributed by atoms with E-state index in [9.17, 15) is 17.6 Å². The molecule has 0 spiro atoms. The molecule has 0 amide bonds. The first-order valence-corrected chi connectivity index (χ1v) is 13.9. The van der Waals surface area contributed by atoms with Crippen molar-refractivity contribution in [2.24, 2.45) is 0 Å². The summed E-state index contributed by atoms with van der Waals surface area (Å²) in [7, 11) is -3.26. The van der Waals surface area contributed by atoms with Gasteiger partial charge in [-0.2, -0.15) is 0 Å². The molecule has 0 N–H and O–H groups in total. The maximum Gasteiger partial charge on any atom is 0.178 e. The summed E-state index contributed by atoms with van der Waals surface area (Å²) in [6.45, 7) is 8.13. The molecule has 6 nitrogen and oxygen atoms in total. The molecule has 0 aliphatic rings. The number of fused-ring (bicyclic) bond motifs is 1. The van der Waals surface area contributed by atoms with E-state index in [1.807, 2.05) is 49.6 Å². The number of nitrogens with zero attached hydrogens (tertiary/aromatic N) is 2. The van der Waals surface area contributed by atoms with Gasteiger partial charge in [0, 0.05) is 25.5 Å². The zero-order valence-corrected chi connectivity index (χ0v) is 22.3. The number of imidazole rings is 1. The van der Waals surface area contributed by atoms with Crippen LogP contribution in [0.25, 0.3) is 11.0 Å². The third kappa shape index (κ3) is 5.91. The van der Waals surface area contributed by atoms with E-state index in [0.717, 1.165) is 16.6 Å². The number of benzene rings is 3. The number of aryl methyl sites for hydroxylation is 1. The lowest BCUT2D eigenvalue weighted by Gasteiger charge is -2.26. The largest absolute Gasteiger partial charge is 0.480 e. The number of Topliss-reactive ketones (excluding diaryl/α,β-unsaturated/α-hetero) is 1. The highest BCUT2D eigenvalue weighted by Gasteiger charge is 2.30. The zero-order chi connectivity index (χ0) is 26.8. The second-order valence-electron chi connectivity index (χ2n) is 9.51. The third-order valence-electron chi connectivity index (χ3n) is 6.33. The van der Waals surface area contributed by atoms with Crippen LogP contribution in [-0.2, 0) is 39.6 Å². The Labute approximate surface area is 217 Å². The molecule has 1 heterocycles. The molecule has 4 aromatic rings. The van der Waals surface area contributed by atoms with Gasteiger partial charge in [-0.1, -0.05) is 31.2 Å². The van der Waals surface area contributed by atoms with Gasteiger partial charge in [0.05, 0.1) is 21.7 Å². The number of hydrogen-bond acceptors (Lipinski definition) is 5. The second-order valence-corrected chi connectivity index (χ2v) is 11.8. The first-order valence-electron chi connectivity index (χ1n) is 12.3. The Balaban J connectivity index is 1.42. The predicted octanol–water partition coefficient (Wildman–Crippen LogP) is 5.66. The SMILES string of the molecule is CCn1c(C(C)(C)Oc2ccc(CC(=O)Cc3ccc(S(=O)(=O)CC)cc3)cc2)nc2cc(F)ccc21. The highest BCUT2D eigenvalue weighted by Crippen LogP contribution is 2.30. The summed E-state index contributed by atoms with van der Waals surface area (Å²) < 4.78 is 45.9. The molecular weight excluding hydrogens is 491 g/mol. The van der Waals surface area contributed by atoms with E-state index in [0.29, 0.717) is 23.6 Å². The van der Waals surface area contributed by atoms with Crippen molar-refractivity contribution in [1.29, 1.82) is 0 Å². The number of hydrogen-bond donors (Lipinski definition) is 0. The second kappa shape index (κ2) is 10.5. The van der Waals surface area contributed by atoms with Crippen LogP contribution >= 0.6 is 0 Å². The smallest absolute Gasteiger partial charge is 0.178 e. The molecule has 0 radical (unpaired) electrons. The summed E-state index contributed by atoms with van der Waals surface area (Å²) >= 11 is 0. The Morgan fingerprint density at radius 3 is 2.11 bits per heavy atom. The van der Waals surface area contributed by atoms with Gasteiger partial charge in [0.25, 0.3) is 0 Å². The standard InChI is InChI=1S/C29H31FN2O4S/c1-5-32-27-16-11-22(30)19-26(27)31-28(32)29(3,4)36-24-12-7-20(8-13-24)17-23(33)18-21-9-14-25(15-10-21)37(34,35)6-2/h7-16,19H,5-6,17-18H2,1-4H3. The molecule has 0 unspecified atom stereocenters. The van der Waals surface area contributed by atoms with Crippen molar-refractivity contribution < 1.29 is 22.3 Å². The average molecular weight is 523 g/mol. The summed E-state index contributed by atoms with van der Waals surface area (Å²) in [5.41, 5.74) is 2.30. The minimum atomic E-state index is -3.26. The highest BCUT2D eigenvalue weighted by atomic mass is 32.2. The Bertz CT molecular complexity index is 1520. The first-order chi connectivity index (χ1) is 17.5. The van der Waals surface area contributed by atoms with Crippen LogP contribution in [0.4, 0.5) is 4.39 Å². The van der Waals surface area contributed by atoms with E-state index in [-0.39, 0.29) is 35.1 Å². The number of rotatable bonds is 10. The van der Waals surface area contributed by atoms with Crippen LogP contribution in [0.15, 0.2) is 71.6 Å². The van der Waals surface area contributed by atoms with Crippen molar-refractivity contribution in [3.8, 4) is 5.75 Å². The van der Waals surface area contributed by atoms with Crippen molar-refractivity contribution in [3.63, 3.8) is 0 Å². The van der Waals surface area contributed by atoms with Crippen LogP contribution in [0.1, 0.15) is 44.6 Å². The molecule has 4 rings (SSSR count). The van der Waals surface area contributed by atoms with Gasteiger partial charge in [-0.3, -0.25) is 4.79 Å². The van der Waals surface area contributed by atoms with Crippen LogP contribution in [0, 0.1) is 5.82 Å². The summed E-state index contributed by atoms with van der Waals surface area (Å²) in [4.78, 5) is 17.5. The fourth-order valence-electron chi connectivity index (χ4n) is 4.40. The quantitative estimate of drug-likeness (QED) is 0.269. The molecule has 0 bridgehead atoms. The molecule has 0 fully saturated rings. The number of carbonyl (C=O) groups is 1. The van der Waals surface area contributed by atoms with E-state index in [4.69, 9.17) is 4.74 Å². The lowest BCUT2D eigenvalue weighted by molar-refractivity contribution is -0.117. The van der Waals surface area contributed by atoms with Crippen LogP contribution in [-0.4, -0.2) is 29.5 Å². The number of halogens is 1. The van der Waals surface area contributed by atoms with E-state index in [2.05, 4.69) is 4.98 Å². The lowest BCUT2D eigenvalue weighted by atomic mass is 10.0. The molecule has 194 valence electrons. The number of ketones is 1. The first kappa shape index (κ1) is 26.5. The molecule has 37 heavy (non-hydrogen) atoms. The number of carbonyl (C=O) groups excluding carboxylic acids is 1. The van der Waals surface area contributed by atoms with E-state index in [1.54, 1.807) is 37.3 Å². The van der Waals surface area contributed by atoms with Crippen LogP contribution < -0.4 is 4.74 Å². The van der Waals surface area contributed by atoms with Crippen molar-refractivity contribution in [2.45, 2.75) is 57.6 Å². The van der Waals surface area contributed by atoms with Crippen molar-refractivity contribution in [3.05, 3.63) is 89.5 Å². The molecule has 0 saturated carbocycles. The normalized spacial score (nSPS) is 12.1. The lowest BCUT2D eigenvalue weighted by Crippen LogP contribution is -2.29. The molecule has 0 aliphatic heterocycles. The maximum atomic E-state index is 13.7. The molecule has 1 aromatic heterocycles. The van der Waals surface area contributed by atoms with E-state index < -0.39 is 15.4 Å². The van der Waals surface area contributed by atoms with Gasteiger partial charge in [0.2, 0.25) is 0 Å². The van der Waals surface area contributed by atoms with Gasteiger partial charge in [-0.05, 0) is 68.3 Å². The number of ether oxygens (including phenoxy) is 1. The van der Waals surface area contributed by atoms with Gasteiger partial charge in [0.1, 0.15) is 17.3 Å². The Hall–Kier alpha value is -3.52. The average Bonchev–Trinajstić information content (AvgIpc) is 3.24. The predicted molar refractivity (Wildman–Crippen MR) is 142 cm³/mol. The van der Waals surface area contributed by atoms with Crippen molar-refractivity contribution in [2.75, 3.05) is 5.75 Å². The topological polar surface area (TPSA) is 78.3 Å². The van der Waals surface area contributed by atoms with Gasteiger partial charge >= 0.3 is 0 Å². The Kier molecular flexibility index (Phi) is 7.50. The summed E-state index contributed by atoms with van der Waals surface area (Å²) in [6, 6.07) is 18.5. The fraction of sp³-hybridized carbons (Fsp3) is 0.310. The van der Waals surface area contributed by atoms with Crippen LogP contribution in [0.5, 0.6) is 5.75 Å². The minimum absolute atomic E-state index is 0.0315. The summed E-state index contributed by atoms with van der Waals surface area (Å²) in [5, 5.41) is 0. The minimum Gasteiger partial charge on any atom is -0.480 e. The van der Waals surface area contributed by atoms with Crippen molar-refractivity contribution >= 4 is 26.7 Å². The third-order valence-corrected chi connectivity index (χ3v) is 8.08. The Morgan fingerprint density at radius 2 is 1.54 bits per heavy atom. The molecular formula is C29H31FN2O4S. The molecule has 8 heteroatoms. The Morgan fingerprint density at radius 1 is 0.946 bits per heavy atom. The number of sulfone groups is 1. The monoisotopic (exact) mass is 522 g/mol.